The maximum absolute atomic E-state index is 12.4. The molecule has 26 heavy (non-hydrogen) atoms. The Balaban J connectivity index is 1.71. The summed E-state index contributed by atoms with van der Waals surface area (Å²) in [5, 5.41) is 3.22. The predicted molar refractivity (Wildman–Crippen MR) is 104 cm³/mol. The molecule has 140 valence electrons. The number of nitrogens with zero attached hydrogens (tertiary/aromatic N) is 2. The fourth-order valence-corrected chi connectivity index (χ4v) is 5.54. The first-order chi connectivity index (χ1) is 12.2. The van der Waals surface area contributed by atoms with Gasteiger partial charge in [-0.1, -0.05) is 23.9 Å². The molecule has 2 atom stereocenters. The third kappa shape index (κ3) is 4.29. The van der Waals surface area contributed by atoms with Gasteiger partial charge in [0.25, 0.3) is 0 Å². The molecule has 3 rings (SSSR count). The average molecular weight is 394 g/mol. The molecular weight excluding hydrogens is 370 g/mol. The van der Waals surface area contributed by atoms with E-state index in [0.29, 0.717) is 6.42 Å². The van der Waals surface area contributed by atoms with Crippen molar-refractivity contribution < 1.29 is 13.2 Å². The third-order valence-electron chi connectivity index (χ3n) is 4.46. The second-order valence-corrected chi connectivity index (χ2v) is 10.3. The zero-order valence-electron chi connectivity index (χ0n) is 15.1. The Morgan fingerprint density at radius 2 is 2.15 bits per heavy atom. The van der Waals surface area contributed by atoms with Gasteiger partial charge in [-0.05, 0) is 44.4 Å². The van der Waals surface area contributed by atoms with Gasteiger partial charge in [0.2, 0.25) is 5.91 Å². The number of carbonyl (C=O) groups is 1. The third-order valence-corrected chi connectivity index (χ3v) is 7.31. The first-order valence-corrected chi connectivity index (χ1v) is 11.2. The van der Waals surface area contributed by atoms with Crippen molar-refractivity contribution in [2.75, 3.05) is 11.5 Å². The summed E-state index contributed by atoms with van der Waals surface area (Å²) in [5.74, 6) is 0.0247. The van der Waals surface area contributed by atoms with Crippen molar-refractivity contribution >= 4 is 27.5 Å². The first-order valence-electron chi connectivity index (χ1n) is 8.53. The van der Waals surface area contributed by atoms with Gasteiger partial charge in [0, 0.05) is 18.4 Å². The molecule has 2 aromatic rings. The molecule has 0 unspecified atom stereocenters. The zero-order chi connectivity index (χ0) is 18.9. The second-order valence-electron chi connectivity index (χ2n) is 6.74. The number of benzene rings is 1. The summed E-state index contributed by atoms with van der Waals surface area (Å²) in [6.45, 7) is 5.89. The summed E-state index contributed by atoms with van der Waals surface area (Å²) in [6, 6.07) is 5.94. The minimum absolute atomic E-state index is 0.0350. The molecule has 0 radical (unpaired) electrons. The number of aromatic nitrogens is 2. The van der Waals surface area contributed by atoms with E-state index in [2.05, 4.69) is 28.5 Å². The molecule has 1 aliphatic heterocycles. The SMILES string of the molecule is Cc1ccc(C)c(-n2ccnc2S[C@H](C)C(=O)N[C@@H]2CCS(=O)(=O)C2)c1. The van der Waals surface area contributed by atoms with E-state index in [4.69, 9.17) is 0 Å². The molecule has 2 heterocycles. The summed E-state index contributed by atoms with van der Waals surface area (Å²) >= 11 is 1.37. The largest absolute Gasteiger partial charge is 0.351 e. The monoisotopic (exact) mass is 393 g/mol. The van der Waals surface area contributed by atoms with Crippen LogP contribution in [0.1, 0.15) is 24.5 Å². The molecule has 1 aromatic carbocycles. The van der Waals surface area contributed by atoms with Crippen LogP contribution in [0.25, 0.3) is 5.69 Å². The van der Waals surface area contributed by atoms with Gasteiger partial charge in [0.15, 0.2) is 15.0 Å². The van der Waals surface area contributed by atoms with Crippen molar-refractivity contribution in [1.82, 2.24) is 14.9 Å². The van der Waals surface area contributed by atoms with E-state index in [-0.39, 0.29) is 28.7 Å². The molecule has 1 amide bonds. The number of rotatable bonds is 5. The van der Waals surface area contributed by atoms with Crippen molar-refractivity contribution in [2.45, 2.75) is 43.6 Å². The number of imidazole rings is 1. The fourth-order valence-electron chi connectivity index (χ4n) is 2.98. The zero-order valence-corrected chi connectivity index (χ0v) is 16.7. The van der Waals surface area contributed by atoms with Crippen LogP contribution in [-0.2, 0) is 14.6 Å². The Kier molecular flexibility index (Phi) is 5.43. The quantitative estimate of drug-likeness (QED) is 0.788. The summed E-state index contributed by atoms with van der Waals surface area (Å²) in [5.41, 5.74) is 3.33. The van der Waals surface area contributed by atoms with Gasteiger partial charge in [-0.3, -0.25) is 9.36 Å². The Hall–Kier alpha value is -1.80. The summed E-state index contributed by atoms with van der Waals surface area (Å²) in [6.07, 6.45) is 4.10. The molecule has 0 saturated carbocycles. The van der Waals surface area contributed by atoms with Crippen molar-refractivity contribution in [3.63, 3.8) is 0 Å². The highest BCUT2D eigenvalue weighted by atomic mass is 32.2. The summed E-state index contributed by atoms with van der Waals surface area (Å²) in [4.78, 5) is 16.8. The number of aryl methyl sites for hydroxylation is 2. The minimum atomic E-state index is -3.01. The van der Waals surface area contributed by atoms with Gasteiger partial charge in [-0.15, -0.1) is 0 Å². The molecule has 1 N–H and O–H groups in total. The number of carbonyl (C=O) groups excluding carboxylic acids is 1. The topological polar surface area (TPSA) is 81.1 Å². The molecule has 1 aromatic heterocycles. The predicted octanol–water partition coefficient (Wildman–Crippen LogP) is 2.27. The average Bonchev–Trinajstić information content (AvgIpc) is 3.15. The standard InChI is InChI=1S/C18H23N3O3S2/c1-12-4-5-13(2)16(10-12)21-8-7-19-18(21)25-14(3)17(22)20-15-6-9-26(23,24)11-15/h4-5,7-8,10,14-15H,6,9,11H2,1-3H3,(H,20,22)/t14-,15-/m1/s1. The maximum Gasteiger partial charge on any atom is 0.233 e. The molecule has 1 saturated heterocycles. The van der Waals surface area contributed by atoms with Gasteiger partial charge < -0.3 is 5.32 Å². The van der Waals surface area contributed by atoms with Gasteiger partial charge in [-0.25, -0.2) is 13.4 Å². The number of thioether (sulfide) groups is 1. The smallest absolute Gasteiger partial charge is 0.233 e. The molecule has 0 bridgehead atoms. The van der Waals surface area contributed by atoms with E-state index in [9.17, 15) is 13.2 Å². The Bertz CT molecular complexity index is 922. The van der Waals surface area contributed by atoms with Crippen molar-refractivity contribution in [1.29, 1.82) is 0 Å². The van der Waals surface area contributed by atoms with Crippen LogP contribution < -0.4 is 5.32 Å². The molecule has 1 fully saturated rings. The Labute approximate surface area is 158 Å². The number of amides is 1. The van der Waals surface area contributed by atoms with Gasteiger partial charge >= 0.3 is 0 Å². The molecule has 6 nitrogen and oxygen atoms in total. The van der Waals surface area contributed by atoms with E-state index in [1.165, 1.54) is 11.8 Å². The van der Waals surface area contributed by atoms with Gasteiger partial charge in [0.05, 0.1) is 22.4 Å². The molecule has 0 aliphatic carbocycles. The van der Waals surface area contributed by atoms with Crippen molar-refractivity contribution in [3.05, 3.63) is 41.7 Å². The summed E-state index contributed by atoms with van der Waals surface area (Å²) in [7, 11) is -3.01. The van der Waals surface area contributed by atoms with Crippen LogP contribution in [0.15, 0.2) is 35.7 Å². The van der Waals surface area contributed by atoms with Crippen LogP contribution in [0.4, 0.5) is 0 Å². The lowest BCUT2D eigenvalue weighted by atomic mass is 10.1. The lowest BCUT2D eigenvalue weighted by Gasteiger charge is -2.17. The van der Waals surface area contributed by atoms with E-state index >= 15 is 0 Å². The van der Waals surface area contributed by atoms with Gasteiger partial charge in [-0.2, -0.15) is 0 Å². The minimum Gasteiger partial charge on any atom is -0.351 e. The number of nitrogens with one attached hydrogen (secondary N) is 1. The van der Waals surface area contributed by atoms with Crippen LogP contribution >= 0.6 is 11.8 Å². The maximum atomic E-state index is 12.4. The van der Waals surface area contributed by atoms with Crippen LogP contribution in [0.5, 0.6) is 0 Å². The van der Waals surface area contributed by atoms with E-state index < -0.39 is 9.84 Å². The number of sulfone groups is 1. The van der Waals surface area contributed by atoms with E-state index in [0.717, 1.165) is 22.0 Å². The summed E-state index contributed by atoms with van der Waals surface area (Å²) < 4.78 is 25.1. The normalized spacial score (nSPS) is 20.0. The highest BCUT2D eigenvalue weighted by molar-refractivity contribution is 8.00. The van der Waals surface area contributed by atoms with Crippen molar-refractivity contribution in [2.24, 2.45) is 0 Å². The molecule has 0 spiro atoms. The van der Waals surface area contributed by atoms with Gasteiger partial charge in [0.1, 0.15) is 0 Å². The van der Waals surface area contributed by atoms with Crippen LogP contribution in [0, 0.1) is 13.8 Å². The number of hydrogen-bond acceptors (Lipinski definition) is 5. The van der Waals surface area contributed by atoms with Crippen LogP contribution in [0.2, 0.25) is 0 Å². The first kappa shape index (κ1) is 19.0. The Morgan fingerprint density at radius 3 is 2.85 bits per heavy atom. The Morgan fingerprint density at radius 1 is 1.38 bits per heavy atom. The highest BCUT2D eigenvalue weighted by Crippen LogP contribution is 2.27. The van der Waals surface area contributed by atoms with E-state index in [1.54, 1.807) is 6.20 Å². The van der Waals surface area contributed by atoms with Crippen LogP contribution in [-0.4, -0.2) is 46.7 Å². The molecule has 8 heteroatoms. The molecule has 1 aliphatic rings. The van der Waals surface area contributed by atoms with E-state index in [1.807, 2.05) is 31.5 Å². The second kappa shape index (κ2) is 7.44. The highest BCUT2D eigenvalue weighted by Gasteiger charge is 2.30. The van der Waals surface area contributed by atoms with Crippen LogP contribution in [0.3, 0.4) is 0 Å². The lowest BCUT2D eigenvalue weighted by Crippen LogP contribution is -2.40. The number of hydrogen-bond donors (Lipinski definition) is 1. The fraction of sp³-hybridized carbons (Fsp3) is 0.444. The molecular formula is C18H23N3O3S2. The van der Waals surface area contributed by atoms with Crippen molar-refractivity contribution in [3.8, 4) is 5.69 Å². The lowest BCUT2D eigenvalue weighted by molar-refractivity contribution is -0.120.